The lowest BCUT2D eigenvalue weighted by atomic mass is 10.1. The van der Waals surface area contributed by atoms with Gasteiger partial charge in [0, 0.05) is 23.9 Å². The van der Waals surface area contributed by atoms with E-state index in [2.05, 4.69) is 20.0 Å². The molecule has 0 atom stereocenters. The number of carbonyl (C=O) groups is 1. The van der Waals surface area contributed by atoms with Gasteiger partial charge >= 0.3 is 6.09 Å². The molecule has 1 heterocycles. The number of aromatic nitrogens is 2. The molecule has 1 aromatic carbocycles. The van der Waals surface area contributed by atoms with Gasteiger partial charge in [-0.2, -0.15) is 0 Å². The second-order valence-corrected chi connectivity index (χ2v) is 5.62. The highest BCUT2D eigenvalue weighted by atomic mass is 35.5. The molecule has 2 rings (SSSR count). The monoisotopic (exact) mass is 353 g/mol. The summed E-state index contributed by atoms with van der Waals surface area (Å²) in [5, 5.41) is 3.66. The Morgan fingerprint density at radius 1 is 1.35 bits per heavy atom. The van der Waals surface area contributed by atoms with Crippen LogP contribution in [0.4, 0.5) is 10.5 Å². The number of carbonyl (C=O) groups excluding carboxylic acids is 1. The molecule has 0 unspecified atom stereocenters. The summed E-state index contributed by atoms with van der Waals surface area (Å²) in [6, 6.07) is 5.32. The zero-order chi connectivity index (χ0) is 16.8. The van der Waals surface area contributed by atoms with Gasteiger partial charge in [0.15, 0.2) is 5.16 Å². The number of nitrogens with one attached hydrogen (secondary N) is 1. The lowest BCUT2D eigenvalue weighted by Gasteiger charge is -2.13. The Balaban J connectivity index is 2.34. The fourth-order valence-electron chi connectivity index (χ4n) is 1.92. The first-order chi connectivity index (χ1) is 11.1. The van der Waals surface area contributed by atoms with E-state index in [1.54, 1.807) is 25.4 Å². The molecule has 2 aromatic rings. The van der Waals surface area contributed by atoms with Crippen molar-refractivity contribution in [3.63, 3.8) is 0 Å². The number of benzene rings is 1. The van der Waals surface area contributed by atoms with Crippen LogP contribution in [-0.4, -0.2) is 36.5 Å². The number of hydrogen-bond donors (Lipinski definition) is 1. The van der Waals surface area contributed by atoms with Crippen molar-refractivity contribution >= 4 is 35.1 Å². The van der Waals surface area contributed by atoms with Gasteiger partial charge in [-0.3, -0.25) is 5.32 Å². The van der Waals surface area contributed by atoms with Crippen LogP contribution < -0.4 is 10.1 Å². The largest absolute Gasteiger partial charge is 0.497 e. The number of nitrogens with zero attached hydrogens (tertiary/aromatic N) is 2. The summed E-state index contributed by atoms with van der Waals surface area (Å²) < 4.78 is 9.87. The molecular formula is C15H16ClN3O3S. The normalized spacial score (nSPS) is 10.3. The van der Waals surface area contributed by atoms with E-state index in [0.717, 1.165) is 11.1 Å². The molecule has 0 bridgehead atoms. The minimum absolute atomic E-state index is 0.385. The van der Waals surface area contributed by atoms with E-state index in [0.29, 0.717) is 28.2 Å². The molecule has 8 heteroatoms. The van der Waals surface area contributed by atoms with Gasteiger partial charge in [0.2, 0.25) is 0 Å². The Morgan fingerprint density at radius 2 is 2.13 bits per heavy atom. The maximum Gasteiger partial charge on any atom is 0.411 e. The van der Waals surface area contributed by atoms with Crippen LogP contribution in [-0.2, 0) is 11.2 Å². The van der Waals surface area contributed by atoms with E-state index in [1.165, 1.54) is 18.9 Å². The van der Waals surface area contributed by atoms with Crippen molar-refractivity contribution in [1.82, 2.24) is 9.97 Å². The Morgan fingerprint density at radius 3 is 2.74 bits per heavy atom. The topological polar surface area (TPSA) is 73.3 Å². The summed E-state index contributed by atoms with van der Waals surface area (Å²) in [5.41, 5.74) is 2.19. The Kier molecular flexibility index (Phi) is 6.06. The molecule has 122 valence electrons. The summed E-state index contributed by atoms with van der Waals surface area (Å²) in [7, 11) is 2.89. The SMILES string of the molecule is COC(=O)Nc1ccc(OC)cc1Cc1cnc(SC)nc1Cl. The number of hydrogen-bond acceptors (Lipinski definition) is 6. The third kappa shape index (κ3) is 4.49. The predicted molar refractivity (Wildman–Crippen MR) is 90.7 cm³/mol. The van der Waals surface area contributed by atoms with Gasteiger partial charge in [0.1, 0.15) is 10.9 Å². The first kappa shape index (κ1) is 17.4. The smallest absolute Gasteiger partial charge is 0.411 e. The second kappa shape index (κ2) is 8.03. The molecule has 0 radical (unpaired) electrons. The molecule has 23 heavy (non-hydrogen) atoms. The lowest BCUT2D eigenvalue weighted by Crippen LogP contribution is -2.13. The van der Waals surface area contributed by atoms with E-state index in [-0.39, 0.29) is 0 Å². The van der Waals surface area contributed by atoms with Gasteiger partial charge in [0.05, 0.1) is 14.2 Å². The maximum absolute atomic E-state index is 11.5. The number of rotatable bonds is 5. The molecule has 0 aliphatic carbocycles. The van der Waals surface area contributed by atoms with E-state index in [4.69, 9.17) is 16.3 Å². The fourth-order valence-corrected chi connectivity index (χ4v) is 2.51. The summed E-state index contributed by atoms with van der Waals surface area (Å²) in [5.74, 6) is 0.674. The first-order valence-electron chi connectivity index (χ1n) is 6.64. The summed E-state index contributed by atoms with van der Waals surface area (Å²) in [6.45, 7) is 0. The Hall–Kier alpha value is -1.99. The standard InChI is InChI=1S/C15H16ClN3O3S/c1-21-11-4-5-12(18-15(20)22-2)9(7-11)6-10-8-17-14(23-3)19-13(10)16/h4-5,7-8H,6H2,1-3H3,(H,18,20). The van der Waals surface area contributed by atoms with Crippen LogP contribution in [0.5, 0.6) is 5.75 Å². The van der Waals surface area contributed by atoms with Gasteiger partial charge in [-0.25, -0.2) is 14.8 Å². The van der Waals surface area contributed by atoms with Gasteiger partial charge in [-0.15, -0.1) is 0 Å². The highest BCUT2D eigenvalue weighted by molar-refractivity contribution is 7.98. The molecule has 6 nitrogen and oxygen atoms in total. The zero-order valence-corrected chi connectivity index (χ0v) is 14.5. The van der Waals surface area contributed by atoms with E-state index < -0.39 is 6.09 Å². The molecular weight excluding hydrogens is 338 g/mol. The van der Waals surface area contributed by atoms with E-state index in [9.17, 15) is 4.79 Å². The van der Waals surface area contributed by atoms with Crippen molar-refractivity contribution < 1.29 is 14.3 Å². The molecule has 1 aromatic heterocycles. The highest BCUT2D eigenvalue weighted by Gasteiger charge is 2.12. The van der Waals surface area contributed by atoms with Gasteiger partial charge in [-0.05, 0) is 30.0 Å². The number of halogens is 1. The van der Waals surface area contributed by atoms with Crippen LogP contribution in [0.25, 0.3) is 0 Å². The fraction of sp³-hybridized carbons (Fsp3) is 0.267. The predicted octanol–water partition coefficient (Wildman–Crippen LogP) is 3.63. The van der Waals surface area contributed by atoms with Crippen LogP contribution in [0.1, 0.15) is 11.1 Å². The number of amides is 1. The summed E-state index contributed by atoms with van der Waals surface area (Å²) in [4.78, 5) is 19.9. The van der Waals surface area contributed by atoms with Crippen molar-refractivity contribution in [2.75, 3.05) is 25.8 Å². The minimum Gasteiger partial charge on any atom is -0.497 e. The zero-order valence-electron chi connectivity index (χ0n) is 12.9. The Bertz CT molecular complexity index is 712. The highest BCUT2D eigenvalue weighted by Crippen LogP contribution is 2.27. The van der Waals surface area contributed by atoms with Crippen molar-refractivity contribution in [3.05, 3.63) is 40.7 Å². The molecule has 0 spiro atoms. The number of methoxy groups -OCH3 is 2. The molecule has 0 saturated carbocycles. The van der Waals surface area contributed by atoms with Crippen LogP contribution in [0.2, 0.25) is 5.15 Å². The van der Waals surface area contributed by atoms with Crippen molar-refractivity contribution in [2.45, 2.75) is 11.6 Å². The number of anilines is 1. The summed E-state index contributed by atoms with van der Waals surface area (Å²) in [6.07, 6.45) is 3.47. The van der Waals surface area contributed by atoms with Crippen LogP contribution in [0.15, 0.2) is 29.6 Å². The quantitative estimate of drug-likeness (QED) is 0.502. The van der Waals surface area contributed by atoms with Crippen LogP contribution >= 0.6 is 23.4 Å². The van der Waals surface area contributed by atoms with Gasteiger partial charge in [-0.1, -0.05) is 23.4 Å². The van der Waals surface area contributed by atoms with Crippen LogP contribution in [0, 0.1) is 0 Å². The molecule has 0 saturated heterocycles. The first-order valence-corrected chi connectivity index (χ1v) is 8.25. The van der Waals surface area contributed by atoms with E-state index in [1.807, 2.05) is 12.3 Å². The molecule has 0 fully saturated rings. The third-order valence-corrected chi connectivity index (χ3v) is 3.98. The molecule has 0 aliphatic heterocycles. The average Bonchev–Trinajstić information content (AvgIpc) is 2.57. The third-order valence-electron chi connectivity index (χ3n) is 3.09. The average molecular weight is 354 g/mol. The second-order valence-electron chi connectivity index (χ2n) is 4.49. The van der Waals surface area contributed by atoms with Crippen molar-refractivity contribution in [3.8, 4) is 5.75 Å². The van der Waals surface area contributed by atoms with E-state index >= 15 is 0 Å². The van der Waals surface area contributed by atoms with Gasteiger partial charge in [0.25, 0.3) is 0 Å². The maximum atomic E-state index is 11.5. The van der Waals surface area contributed by atoms with Crippen molar-refractivity contribution in [2.24, 2.45) is 0 Å². The summed E-state index contributed by atoms with van der Waals surface area (Å²) >= 11 is 7.63. The molecule has 1 amide bonds. The Labute approximate surface area is 143 Å². The molecule has 0 aliphatic rings. The lowest BCUT2D eigenvalue weighted by molar-refractivity contribution is 0.187. The van der Waals surface area contributed by atoms with Gasteiger partial charge < -0.3 is 9.47 Å². The van der Waals surface area contributed by atoms with Crippen molar-refractivity contribution in [1.29, 1.82) is 0 Å². The number of ether oxygens (including phenoxy) is 2. The molecule has 1 N–H and O–H groups in total. The number of thioether (sulfide) groups is 1. The minimum atomic E-state index is -0.545. The van der Waals surface area contributed by atoms with Crippen LogP contribution in [0.3, 0.4) is 0 Å².